The van der Waals surface area contributed by atoms with Gasteiger partial charge in [0.2, 0.25) is 0 Å². The zero-order chi connectivity index (χ0) is 17.7. The molecule has 0 saturated carbocycles. The van der Waals surface area contributed by atoms with Gasteiger partial charge < -0.3 is 0 Å². The summed E-state index contributed by atoms with van der Waals surface area (Å²) in [6.45, 7) is 0. The number of hydrogen-bond donors (Lipinski definition) is 0. The molecule has 0 N–H and O–H groups in total. The molecular formula is C21H24O2S2. The highest BCUT2D eigenvalue weighted by Crippen LogP contribution is 2.15. The van der Waals surface area contributed by atoms with Crippen molar-refractivity contribution < 1.29 is 9.59 Å². The van der Waals surface area contributed by atoms with Gasteiger partial charge in [-0.3, -0.25) is 9.59 Å². The van der Waals surface area contributed by atoms with Crippen LogP contribution in [0.15, 0.2) is 60.7 Å². The topological polar surface area (TPSA) is 34.1 Å². The molecule has 2 aromatic carbocycles. The highest BCUT2D eigenvalue weighted by atomic mass is 32.2. The molecule has 0 atom stereocenters. The smallest absolute Gasteiger partial charge is 0.197 e. The van der Waals surface area contributed by atoms with Crippen molar-refractivity contribution in [2.24, 2.45) is 0 Å². The molecule has 132 valence electrons. The summed E-state index contributed by atoms with van der Waals surface area (Å²) in [4.78, 5) is 23.7. The molecule has 0 amide bonds. The van der Waals surface area contributed by atoms with Crippen LogP contribution in [-0.4, -0.2) is 21.7 Å². The quantitative estimate of drug-likeness (QED) is 0.426. The van der Waals surface area contributed by atoms with E-state index in [1.165, 1.54) is 34.7 Å². The molecule has 25 heavy (non-hydrogen) atoms. The predicted octanol–water partition coefficient (Wildman–Crippen LogP) is 5.16. The summed E-state index contributed by atoms with van der Waals surface area (Å²) in [5.41, 5.74) is 2.58. The molecular weight excluding hydrogens is 348 g/mol. The average molecular weight is 373 g/mol. The lowest BCUT2D eigenvalue weighted by molar-refractivity contribution is -0.117. The number of hydrogen-bond acceptors (Lipinski definition) is 4. The van der Waals surface area contributed by atoms with Gasteiger partial charge in [-0.25, -0.2) is 0 Å². The summed E-state index contributed by atoms with van der Waals surface area (Å²) >= 11 is 2.57. The Morgan fingerprint density at radius 1 is 0.640 bits per heavy atom. The lowest BCUT2D eigenvalue weighted by Gasteiger charge is -2.03. The molecule has 0 spiro atoms. The van der Waals surface area contributed by atoms with Crippen molar-refractivity contribution in [3.05, 3.63) is 71.8 Å². The SMILES string of the molecule is O=C(CC(=O)SCCCc1ccccc1)SCCCc1ccccc1. The summed E-state index contributed by atoms with van der Waals surface area (Å²) in [7, 11) is 0. The van der Waals surface area contributed by atoms with Crippen LogP contribution in [-0.2, 0) is 22.4 Å². The molecule has 0 fully saturated rings. The van der Waals surface area contributed by atoms with Crippen LogP contribution in [0.4, 0.5) is 0 Å². The molecule has 2 aromatic rings. The number of aryl methyl sites for hydroxylation is 2. The van der Waals surface area contributed by atoms with E-state index in [1.807, 2.05) is 36.4 Å². The Bertz CT molecular complexity index is 584. The van der Waals surface area contributed by atoms with E-state index < -0.39 is 0 Å². The Morgan fingerprint density at radius 3 is 1.44 bits per heavy atom. The molecule has 0 aliphatic carbocycles. The Balaban J connectivity index is 1.50. The van der Waals surface area contributed by atoms with Gasteiger partial charge in [0.05, 0.1) is 6.42 Å². The first-order valence-corrected chi connectivity index (χ1v) is 10.6. The molecule has 0 aliphatic rings. The van der Waals surface area contributed by atoms with Crippen LogP contribution in [0.1, 0.15) is 30.4 Å². The zero-order valence-corrected chi connectivity index (χ0v) is 16.0. The van der Waals surface area contributed by atoms with Gasteiger partial charge in [0.1, 0.15) is 0 Å². The summed E-state index contributed by atoms with van der Waals surface area (Å²) in [6, 6.07) is 20.5. The van der Waals surface area contributed by atoms with Crippen LogP contribution >= 0.6 is 23.5 Å². The van der Waals surface area contributed by atoms with Crippen LogP contribution < -0.4 is 0 Å². The van der Waals surface area contributed by atoms with Crippen molar-refractivity contribution >= 4 is 33.8 Å². The fraction of sp³-hybridized carbons (Fsp3) is 0.333. The van der Waals surface area contributed by atoms with E-state index in [2.05, 4.69) is 24.3 Å². The molecule has 2 nitrogen and oxygen atoms in total. The van der Waals surface area contributed by atoms with Gasteiger partial charge in [-0.15, -0.1) is 0 Å². The van der Waals surface area contributed by atoms with Crippen molar-refractivity contribution in [2.45, 2.75) is 32.1 Å². The molecule has 2 rings (SSSR count). The summed E-state index contributed by atoms with van der Waals surface area (Å²) in [5, 5.41) is -0.0118. The van der Waals surface area contributed by atoms with E-state index >= 15 is 0 Å². The Labute approximate surface area is 158 Å². The first-order valence-electron chi connectivity index (χ1n) is 8.63. The molecule has 0 bridgehead atoms. The minimum absolute atomic E-state index is 0.00591. The van der Waals surface area contributed by atoms with Crippen molar-refractivity contribution in [2.75, 3.05) is 11.5 Å². The predicted molar refractivity (Wildman–Crippen MR) is 109 cm³/mol. The largest absolute Gasteiger partial charge is 0.287 e. The van der Waals surface area contributed by atoms with Crippen LogP contribution in [0.2, 0.25) is 0 Å². The van der Waals surface area contributed by atoms with Gasteiger partial charge >= 0.3 is 0 Å². The monoisotopic (exact) mass is 372 g/mol. The van der Waals surface area contributed by atoms with Crippen LogP contribution in [0.25, 0.3) is 0 Å². The second kappa shape index (κ2) is 11.9. The molecule has 0 aliphatic heterocycles. The Morgan fingerprint density at radius 2 is 1.04 bits per heavy atom. The molecule has 0 unspecified atom stereocenters. The Hall–Kier alpha value is -1.52. The molecule has 0 saturated heterocycles. The Kier molecular flexibility index (Phi) is 9.45. The number of carbonyl (C=O) groups excluding carboxylic acids is 2. The standard InChI is InChI=1S/C21H24O2S2/c22-20(24-15-7-13-18-9-3-1-4-10-18)17-21(23)25-16-8-14-19-11-5-2-6-12-19/h1-6,9-12H,7-8,13-17H2. The van der Waals surface area contributed by atoms with Crippen molar-refractivity contribution in [1.29, 1.82) is 0 Å². The first kappa shape index (κ1) is 19.8. The number of rotatable bonds is 10. The summed E-state index contributed by atoms with van der Waals surface area (Å²) < 4.78 is 0. The lowest BCUT2D eigenvalue weighted by Crippen LogP contribution is -2.03. The maximum atomic E-state index is 11.8. The van der Waals surface area contributed by atoms with E-state index in [4.69, 9.17) is 0 Å². The van der Waals surface area contributed by atoms with Crippen molar-refractivity contribution in [3.8, 4) is 0 Å². The van der Waals surface area contributed by atoms with E-state index in [0.717, 1.165) is 37.2 Å². The zero-order valence-electron chi connectivity index (χ0n) is 14.4. The van der Waals surface area contributed by atoms with E-state index in [0.29, 0.717) is 0 Å². The highest BCUT2D eigenvalue weighted by molar-refractivity contribution is 8.15. The third kappa shape index (κ3) is 8.94. The van der Waals surface area contributed by atoms with Crippen molar-refractivity contribution in [1.82, 2.24) is 0 Å². The second-order valence-corrected chi connectivity index (χ2v) is 8.10. The third-order valence-corrected chi connectivity index (χ3v) is 5.64. The minimum Gasteiger partial charge on any atom is -0.287 e. The first-order chi connectivity index (χ1) is 12.2. The van der Waals surface area contributed by atoms with Gasteiger partial charge in [0, 0.05) is 11.5 Å². The second-order valence-electron chi connectivity index (χ2n) is 5.80. The maximum Gasteiger partial charge on any atom is 0.197 e. The number of carbonyl (C=O) groups is 2. The van der Waals surface area contributed by atoms with Gasteiger partial charge in [-0.2, -0.15) is 0 Å². The van der Waals surface area contributed by atoms with Gasteiger partial charge in [0.15, 0.2) is 10.2 Å². The molecule has 0 aromatic heterocycles. The van der Waals surface area contributed by atoms with E-state index in [9.17, 15) is 9.59 Å². The summed E-state index contributed by atoms with van der Waals surface area (Å²) in [6.07, 6.45) is 3.91. The fourth-order valence-corrected chi connectivity index (χ4v) is 4.02. The van der Waals surface area contributed by atoms with Crippen LogP contribution in [0, 0.1) is 0 Å². The van der Waals surface area contributed by atoms with E-state index in [-0.39, 0.29) is 16.7 Å². The van der Waals surface area contributed by atoms with Gasteiger partial charge in [-0.05, 0) is 36.8 Å². The molecule has 4 heteroatoms. The minimum atomic E-state index is -0.00591. The third-order valence-electron chi connectivity index (χ3n) is 3.72. The molecule has 0 radical (unpaired) electrons. The average Bonchev–Trinajstić information content (AvgIpc) is 2.64. The number of benzene rings is 2. The van der Waals surface area contributed by atoms with E-state index in [1.54, 1.807) is 0 Å². The number of thioether (sulfide) groups is 2. The van der Waals surface area contributed by atoms with Crippen LogP contribution in [0.5, 0.6) is 0 Å². The lowest BCUT2D eigenvalue weighted by atomic mass is 10.1. The summed E-state index contributed by atoms with van der Waals surface area (Å²) in [5.74, 6) is 1.55. The van der Waals surface area contributed by atoms with Crippen LogP contribution in [0.3, 0.4) is 0 Å². The van der Waals surface area contributed by atoms with Gasteiger partial charge in [-0.1, -0.05) is 84.2 Å². The van der Waals surface area contributed by atoms with Gasteiger partial charge in [0.25, 0.3) is 0 Å². The normalized spacial score (nSPS) is 10.6. The maximum absolute atomic E-state index is 11.8. The molecule has 0 heterocycles. The van der Waals surface area contributed by atoms with Crippen molar-refractivity contribution in [3.63, 3.8) is 0 Å². The fourth-order valence-electron chi connectivity index (χ4n) is 2.43. The highest BCUT2D eigenvalue weighted by Gasteiger charge is 2.10.